The van der Waals surface area contributed by atoms with E-state index in [-0.39, 0.29) is 41.0 Å². The summed E-state index contributed by atoms with van der Waals surface area (Å²) in [6.45, 7) is 16.2. The van der Waals surface area contributed by atoms with E-state index in [0.29, 0.717) is 67.6 Å². The van der Waals surface area contributed by atoms with Gasteiger partial charge in [-0.25, -0.2) is 9.24 Å². The average Bonchev–Trinajstić information content (AvgIpc) is 3.70. The van der Waals surface area contributed by atoms with Gasteiger partial charge in [-0.3, -0.25) is 39.1 Å². The molecule has 6 aliphatic rings. The first-order valence-electron chi connectivity index (χ1n) is 21.0. The van der Waals surface area contributed by atoms with Crippen LogP contribution in [0.15, 0.2) is 54.6 Å². The summed E-state index contributed by atoms with van der Waals surface area (Å²) >= 11 is 6.38. The molecule has 5 amide bonds. The summed E-state index contributed by atoms with van der Waals surface area (Å²) in [5, 5.41) is 2.68. The second kappa shape index (κ2) is 15.8. The summed E-state index contributed by atoms with van der Waals surface area (Å²) in [5.41, 5.74) is 3.88. The van der Waals surface area contributed by atoms with Crippen molar-refractivity contribution in [3.8, 4) is 0 Å². The largest absolute Gasteiger partial charge is 0.371 e. The topological polar surface area (TPSA) is 121 Å². The maximum atomic E-state index is 15.5. The van der Waals surface area contributed by atoms with Crippen molar-refractivity contribution in [1.82, 2.24) is 20.0 Å². The van der Waals surface area contributed by atoms with Gasteiger partial charge in [0.15, 0.2) is 0 Å². The number of imide groups is 2. The third-order valence-electron chi connectivity index (χ3n) is 13.9. The van der Waals surface area contributed by atoms with Crippen molar-refractivity contribution in [3.63, 3.8) is 0 Å². The zero-order valence-electron chi connectivity index (χ0n) is 33.7. The van der Waals surface area contributed by atoms with E-state index in [1.165, 1.54) is 6.07 Å². The molecule has 0 radical (unpaired) electrons. The van der Waals surface area contributed by atoms with Crippen LogP contribution in [0.25, 0.3) is 4.85 Å². The number of anilines is 3. The Morgan fingerprint density at radius 3 is 2.15 bits per heavy atom. The van der Waals surface area contributed by atoms with Gasteiger partial charge in [-0.1, -0.05) is 17.7 Å². The van der Waals surface area contributed by atoms with E-state index in [2.05, 4.69) is 43.9 Å². The molecule has 6 heterocycles. The maximum Gasteiger partial charge on any atom is 0.262 e. The fourth-order valence-corrected chi connectivity index (χ4v) is 10.7. The lowest BCUT2D eigenvalue weighted by Gasteiger charge is -2.43. The molecule has 3 aromatic carbocycles. The number of carbonyl (C=O) groups excluding carboxylic acids is 5. The molecular weight excluding hydrogens is 787 g/mol. The molecule has 1 unspecified atom stereocenters. The van der Waals surface area contributed by atoms with Crippen LogP contribution in [0.1, 0.15) is 82.9 Å². The minimum absolute atomic E-state index is 0.0132. The van der Waals surface area contributed by atoms with E-state index in [0.717, 1.165) is 74.1 Å². The molecule has 60 heavy (non-hydrogen) atoms. The Morgan fingerprint density at radius 1 is 0.833 bits per heavy atom. The normalized spacial score (nSPS) is 23.7. The highest BCUT2D eigenvalue weighted by molar-refractivity contribution is 6.33. The molecule has 312 valence electrons. The van der Waals surface area contributed by atoms with Gasteiger partial charge < -0.3 is 19.6 Å². The highest BCUT2D eigenvalue weighted by Crippen LogP contribution is 2.46. The van der Waals surface area contributed by atoms with Gasteiger partial charge in [-0.2, -0.15) is 0 Å². The summed E-state index contributed by atoms with van der Waals surface area (Å²) in [6, 6.07) is 15.9. The van der Waals surface area contributed by atoms with Gasteiger partial charge in [-0.15, -0.1) is 0 Å². The fourth-order valence-electron chi connectivity index (χ4n) is 10.5. The number of piperazine rings is 1. The van der Waals surface area contributed by atoms with Crippen LogP contribution in [0.2, 0.25) is 5.02 Å². The van der Waals surface area contributed by atoms with Gasteiger partial charge in [0.1, 0.15) is 11.9 Å². The minimum Gasteiger partial charge on any atom is -0.371 e. The molecule has 1 spiro atoms. The molecule has 5 fully saturated rings. The van der Waals surface area contributed by atoms with Crippen LogP contribution in [-0.4, -0.2) is 121 Å². The van der Waals surface area contributed by atoms with Crippen LogP contribution in [0.4, 0.5) is 27.1 Å². The summed E-state index contributed by atoms with van der Waals surface area (Å²) in [7, 11) is 0. The van der Waals surface area contributed by atoms with E-state index in [1.54, 1.807) is 0 Å². The Morgan fingerprint density at radius 2 is 1.50 bits per heavy atom. The predicted molar refractivity (Wildman–Crippen MR) is 225 cm³/mol. The Hall–Kier alpha value is -5.52. The first-order valence-corrected chi connectivity index (χ1v) is 21.4. The van der Waals surface area contributed by atoms with Crippen molar-refractivity contribution < 1.29 is 28.4 Å². The lowest BCUT2D eigenvalue weighted by Crippen LogP contribution is -2.54. The number of likely N-dealkylation sites (tertiary alicyclic amines) is 1. The average molecular weight is 835 g/mol. The molecule has 0 bridgehead atoms. The number of carbonyl (C=O) groups is 5. The van der Waals surface area contributed by atoms with Crippen molar-refractivity contribution >= 4 is 63.9 Å². The molecule has 0 aliphatic carbocycles. The summed E-state index contributed by atoms with van der Waals surface area (Å²) in [4.78, 5) is 79.6. The maximum absolute atomic E-state index is 15.5. The summed E-state index contributed by atoms with van der Waals surface area (Å²) < 4.78 is 15.5. The Labute approximate surface area is 353 Å². The molecular formula is C45H48ClFN8O5. The zero-order valence-corrected chi connectivity index (χ0v) is 34.4. The smallest absolute Gasteiger partial charge is 0.262 e. The molecule has 2 atom stereocenters. The van der Waals surface area contributed by atoms with Gasteiger partial charge in [0, 0.05) is 99.4 Å². The van der Waals surface area contributed by atoms with Crippen molar-refractivity contribution in [2.24, 2.45) is 5.41 Å². The number of amides is 5. The van der Waals surface area contributed by atoms with Crippen LogP contribution in [-0.2, 0) is 9.59 Å². The van der Waals surface area contributed by atoms with E-state index in [4.69, 9.17) is 18.2 Å². The zero-order chi connectivity index (χ0) is 41.9. The predicted octanol–water partition coefficient (Wildman–Crippen LogP) is 5.74. The number of hydrogen-bond acceptors (Lipinski definition) is 9. The van der Waals surface area contributed by atoms with Gasteiger partial charge in [0.2, 0.25) is 17.5 Å². The molecule has 3 aromatic rings. The number of nitrogens with one attached hydrogen (secondary N) is 1. The standard InChI is InChI=1S/C45H48ClFN8O5/c1-28-26-45(27-54(28)32-7-8-37(48-2)35(46)23-32)13-17-50(18-14-45)30-5-3-29(4-6-30)42(58)53-15-11-31(12-16-53)51-19-21-52(22-20-51)39-25-34-33(24-36(39)47)43(59)55(44(34)60)38-9-10-40(56)49-41(38)57/h3-8,23-25,28,31,38H,9-22,26-27H2,1H3,(H,49,56,57)/t28-,38?/m0/s1. The van der Waals surface area contributed by atoms with Crippen molar-refractivity contribution in [2.45, 2.75) is 70.0 Å². The molecule has 13 nitrogen and oxygen atoms in total. The Bertz CT molecular complexity index is 2290. The fraction of sp³-hybridized carbons (Fsp3) is 0.467. The van der Waals surface area contributed by atoms with Gasteiger partial charge in [-0.05, 0) is 99.4 Å². The first kappa shape index (κ1) is 39.9. The number of piperidine rings is 3. The van der Waals surface area contributed by atoms with Crippen LogP contribution in [0.3, 0.4) is 0 Å². The van der Waals surface area contributed by atoms with Gasteiger partial charge in [0.05, 0.1) is 23.4 Å². The molecule has 6 aliphatic heterocycles. The van der Waals surface area contributed by atoms with E-state index in [9.17, 15) is 24.0 Å². The SMILES string of the molecule is [C-]#[N+]c1ccc(N2CC3(CCN(c4ccc(C(=O)N5CCC(N6CCN(c7cc8c(cc7F)C(=O)N(C7CCC(=O)NC7=O)C8=O)CC6)CC5)cc4)CC3)C[C@@H]2C)cc1Cl. The summed E-state index contributed by atoms with van der Waals surface area (Å²) in [5.74, 6) is -3.09. The van der Waals surface area contributed by atoms with E-state index in [1.807, 2.05) is 40.1 Å². The number of hydrogen-bond donors (Lipinski definition) is 1. The highest BCUT2D eigenvalue weighted by atomic mass is 35.5. The third-order valence-corrected chi connectivity index (χ3v) is 14.2. The number of rotatable bonds is 6. The highest BCUT2D eigenvalue weighted by Gasteiger charge is 2.46. The monoisotopic (exact) mass is 834 g/mol. The number of benzene rings is 3. The first-order chi connectivity index (χ1) is 28.9. The number of fused-ring (bicyclic) bond motifs is 1. The second-order valence-corrected chi connectivity index (χ2v) is 17.7. The van der Waals surface area contributed by atoms with Crippen molar-refractivity contribution in [2.75, 3.05) is 73.6 Å². The third kappa shape index (κ3) is 7.25. The molecule has 15 heteroatoms. The van der Waals surface area contributed by atoms with Crippen molar-refractivity contribution in [1.29, 1.82) is 0 Å². The van der Waals surface area contributed by atoms with Crippen LogP contribution in [0, 0.1) is 17.8 Å². The van der Waals surface area contributed by atoms with Crippen LogP contribution >= 0.6 is 11.6 Å². The number of nitrogens with zero attached hydrogens (tertiary/aromatic N) is 7. The molecule has 0 aromatic heterocycles. The van der Waals surface area contributed by atoms with Crippen LogP contribution < -0.4 is 20.0 Å². The summed E-state index contributed by atoms with van der Waals surface area (Å²) in [6.07, 6.45) is 5.04. The van der Waals surface area contributed by atoms with Crippen LogP contribution in [0.5, 0.6) is 0 Å². The molecule has 9 rings (SSSR count). The quantitative estimate of drug-likeness (QED) is 0.245. The van der Waals surface area contributed by atoms with E-state index < -0.39 is 35.5 Å². The molecule has 5 saturated heterocycles. The van der Waals surface area contributed by atoms with Gasteiger partial charge in [0.25, 0.3) is 17.7 Å². The van der Waals surface area contributed by atoms with Crippen molar-refractivity contribution in [3.05, 3.63) is 93.5 Å². The molecule has 1 N–H and O–H groups in total. The minimum atomic E-state index is -1.11. The lowest BCUT2D eigenvalue weighted by atomic mass is 9.76. The second-order valence-electron chi connectivity index (χ2n) is 17.3. The van der Waals surface area contributed by atoms with Gasteiger partial charge >= 0.3 is 0 Å². The number of halogens is 2. The lowest BCUT2D eigenvalue weighted by molar-refractivity contribution is -0.136. The Kier molecular flexibility index (Phi) is 10.5. The molecule has 0 saturated carbocycles. The van der Waals surface area contributed by atoms with E-state index >= 15 is 4.39 Å². The Balaban J connectivity index is 0.745.